The van der Waals surface area contributed by atoms with E-state index in [1.165, 1.54) is 0 Å². The van der Waals surface area contributed by atoms with Crippen molar-refractivity contribution in [2.24, 2.45) is 0 Å². The van der Waals surface area contributed by atoms with Gasteiger partial charge < -0.3 is 5.32 Å². The molecule has 0 aliphatic rings. The lowest BCUT2D eigenvalue weighted by Gasteiger charge is -1.96. The van der Waals surface area contributed by atoms with Crippen LogP contribution in [-0.2, 0) is 0 Å². The molecule has 0 saturated heterocycles. The summed E-state index contributed by atoms with van der Waals surface area (Å²) in [6, 6.07) is 1.11. The van der Waals surface area contributed by atoms with Crippen LogP contribution in [-0.4, -0.2) is 4.98 Å². The van der Waals surface area contributed by atoms with Gasteiger partial charge in [-0.15, -0.1) is 0 Å². The van der Waals surface area contributed by atoms with Crippen LogP contribution in [0.15, 0.2) is 18.3 Å². The van der Waals surface area contributed by atoms with Gasteiger partial charge in [0.2, 0.25) is 0 Å². The lowest BCUT2D eigenvalue weighted by atomic mass is 10.3. The summed E-state index contributed by atoms with van der Waals surface area (Å²) in [4.78, 5) is 4.02. The van der Waals surface area contributed by atoms with Gasteiger partial charge in [-0.05, 0) is 6.92 Å². The Morgan fingerprint density at radius 2 is 2.25 bits per heavy atom. The smallest absolute Gasteiger partial charge is 0.188 e. The number of benzene rings is 1. The summed E-state index contributed by atoms with van der Waals surface area (Å²) in [6.07, 6.45) is 0. The van der Waals surface area contributed by atoms with Crippen molar-refractivity contribution < 1.29 is 8.78 Å². The molecule has 0 amide bonds. The first-order chi connectivity index (χ1) is 7.49. The molecule has 0 aliphatic heterocycles. The average Bonchev–Trinajstić information content (AvgIpc) is 2.56. The number of nitrogens with zero attached hydrogens (tertiary/aromatic N) is 1. The van der Waals surface area contributed by atoms with E-state index in [4.69, 9.17) is 11.6 Å². The first kappa shape index (κ1) is 11.3. The summed E-state index contributed by atoms with van der Waals surface area (Å²) < 4.78 is 26.9. The van der Waals surface area contributed by atoms with E-state index in [1.54, 1.807) is 6.92 Å². The molecule has 84 valence electrons. The lowest BCUT2D eigenvalue weighted by Crippen LogP contribution is -1.91. The van der Waals surface area contributed by atoms with Gasteiger partial charge in [0.15, 0.2) is 10.9 Å². The third kappa shape index (κ3) is 1.88. The van der Waals surface area contributed by atoms with E-state index in [0.29, 0.717) is 10.8 Å². The van der Waals surface area contributed by atoms with Crippen molar-refractivity contribution in [1.29, 1.82) is 0 Å². The molecule has 0 atom stereocenters. The van der Waals surface area contributed by atoms with Crippen LogP contribution in [0.3, 0.4) is 0 Å². The lowest BCUT2D eigenvalue weighted by molar-refractivity contribution is 0.593. The highest BCUT2D eigenvalue weighted by Gasteiger charge is 2.15. The number of thiazole rings is 1. The normalized spacial score (nSPS) is 10.8. The minimum atomic E-state index is -0.807. The number of fused-ring (bicyclic) bond motifs is 1. The predicted octanol–water partition coefficient (Wildman–Crippen LogP) is 4.17. The van der Waals surface area contributed by atoms with Crippen LogP contribution in [0, 0.1) is 11.6 Å². The quantitative estimate of drug-likeness (QED) is 0.820. The molecule has 1 N–H and O–H groups in total. The number of allylic oxidation sites excluding steroid dienone is 1. The van der Waals surface area contributed by atoms with E-state index in [9.17, 15) is 8.78 Å². The SMILES string of the molecule is C=C(C)Nc1nc2cc(F)c(Cl)c(F)c2s1. The van der Waals surface area contributed by atoms with E-state index in [2.05, 4.69) is 16.9 Å². The zero-order chi connectivity index (χ0) is 11.9. The van der Waals surface area contributed by atoms with E-state index in [-0.39, 0.29) is 10.2 Å². The van der Waals surface area contributed by atoms with E-state index in [1.807, 2.05) is 0 Å². The zero-order valence-electron chi connectivity index (χ0n) is 8.27. The van der Waals surface area contributed by atoms with Crippen molar-refractivity contribution in [3.05, 3.63) is 35.0 Å². The summed E-state index contributed by atoms with van der Waals surface area (Å²) in [5, 5.41) is 2.80. The van der Waals surface area contributed by atoms with Crippen LogP contribution in [0.4, 0.5) is 13.9 Å². The van der Waals surface area contributed by atoms with Crippen molar-refractivity contribution >= 4 is 38.3 Å². The van der Waals surface area contributed by atoms with Crippen LogP contribution < -0.4 is 5.32 Å². The van der Waals surface area contributed by atoms with Gasteiger partial charge in [-0.3, -0.25) is 0 Å². The topological polar surface area (TPSA) is 24.9 Å². The Kier molecular flexibility index (Phi) is 2.82. The number of hydrogen-bond donors (Lipinski definition) is 1. The molecule has 1 aromatic carbocycles. The maximum absolute atomic E-state index is 13.6. The molecule has 0 bridgehead atoms. The van der Waals surface area contributed by atoms with E-state index in [0.717, 1.165) is 17.4 Å². The van der Waals surface area contributed by atoms with E-state index < -0.39 is 16.7 Å². The Bertz CT molecular complexity index is 580. The van der Waals surface area contributed by atoms with Crippen LogP contribution >= 0.6 is 22.9 Å². The molecule has 6 heteroatoms. The number of hydrogen-bond acceptors (Lipinski definition) is 3. The molecule has 0 radical (unpaired) electrons. The molecule has 1 heterocycles. The van der Waals surface area contributed by atoms with Crippen molar-refractivity contribution in [3.8, 4) is 0 Å². The summed E-state index contributed by atoms with van der Waals surface area (Å²) in [5.74, 6) is -1.58. The number of rotatable bonds is 2. The molecule has 0 saturated carbocycles. The third-order valence-electron chi connectivity index (χ3n) is 1.84. The molecule has 2 aromatic rings. The Morgan fingerprint density at radius 1 is 1.56 bits per heavy atom. The first-order valence-corrected chi connectivity index (χ1v) is 5.55. The fourth-order valence-corrected chi connectivity index (χ4v) is 2.38. The fourth-order valence-electron chi connectivity index (χ4n) is 1.21. The van der Waals surface area contributed by atoms with Crippen molar-refractivity contribution in [3.63, 3.8) is 0 Å². The molecular weight excluding hydrogens is 254 g/mol. The highest BCUT2D eigenvalue weighted by atomic mass is 35.5. The molecule has 16 heavy (non-hydrogen) atoms. The summed E-state index contributed by atoms with van der Waals surface area (Å²) in [5.41, 5.74) is 0.916. The monoisotopic (exact) mass is 260 g/mol. The van der Waals surface area contributed by atoms with Crippen molar-refractivity contribution in [2.75, 3.05) is 5.32 Å². The Balaban J connectivity index is 2.62. The molecule has 1 aromatic heterocycles. The van der Waals surface area contributed by atoms with Gasteiger partial charge in [0.05, 0.1) is 10.2 Å². The van der Waals surface area contributed by atoms with Crippen LogP contribution in [0.25, 0.3) is 10.2 Å². The summed E-state index contributed by atoms with van der Waals surface area (Å²) in [7, 11) is 0. The van der Waals surface area contributed by atoms with Crippen molar-refractivity contribution in [1.82, 2.24) is 4.98 Å². The largest absolute Gasteiger partial charge is 0.336 e. The Labute approximate surface area is 99.6 Å². The minimum absolute atomic E-state index is 0.232. The van der Waals surface area contributed by atoms with Gasteiger partial charge in [0.1, 0.15) is 10.8 Å². The molecular formula is C10H7ClF2N2S. The number of aromatic nitrogens is 1. The van der Waals surface area contributed by atoms with Crippen molar-refractivity contribution in [2.45, 2.75) is 6.92 Å². The molecule has 0 spiro atoms. The van der Waals surface area contributed by atoms with Gasteiger partial charge in [-0.1, -0.05) is 29.5 Å². The number of anilines is 1. The number of nitrogens with one attached hydrogen (secondary N) is 1. The summed E-state index contributed by atoms with van der Waals surface area (Å²) in [6.45, 7) is 5.39. The Morgan fingerprint density at radius 3 is 2.88 bits per heavy atom. The third-order valence-corrected chi connectivity index (χ3v) is 3.16. The molecule has 2 nitrogen and oxygen atoms in total. The number of halogens is 3. The Hall–Kier alpha value is -1.20. The second-order valence-corrected chi connectivity index (χ2v) is 4.64. The second-order valence-electron chi connectivity index (χ2n) is 3.26. The second kappa shape index (κ2) is 3.99. The average molecular weight is 261 g/mol. The highest BCUT2D eigenvalue weighted by Crippen LogP contribution is 2.33. The molecule has 2 rings (SSSR count). The fraction of sp³-hybridized carbons (Fsp3) is 0.100. The summed E-state index contributed by atoms with van der Waals surface area (Å²) >= 11 is 6.53. The zero-order valence-corrected chi connectivity index (χ0v) is 9.85. The van der Waals surface area contributed by atoms with Gasteiger partial charge in [-0.2, -0.15) is 0 Å². The maximum atomic E-state index is 13.6. The van der Waals surface area contributed by atoms with Gasteiger partial charge in [-0.25, -0.2) is 13.8 Å². The van der Waals surface area contributed by atoms with Crippen LogP contribution in [0.2, 0.25) is 5.02 Å². The first-order valence-electron chi connectivity index (χ1n) is 4.35. The minimum Gasteiger partial charge on any atom is -0.336 e. The molecule has 0 fully saturated rings. The van der Waals surface area contributed by atoms with Crippen LogP contribution in [0.1, 0.15) is 6.92 Å². The van der Waals surface area contributed by atoms with Gasteiger partial charge in [0.25, 0.3) is 0 Å². The van der Waals surface area contributed by atoms with Gasteiger partial charge in [0, 0.05) is 11.8 Å². The predicted molar refractivity (Wildman–Crippen MR) is 63.0 cm³/mol. The van der Waals surface area contributed by atoms with E-state index >= 15 is 0 Å². The van der Waals surface area contributed by atoms with Gasteiger partial charge >= 0.3 is 0 Å². The molecule has 0 unspecified atom stereocenters. The highest BCUT2D eigenvalue weighted by molar-refractivity contribution is 7.22. The standard InChI is InChI=1S/C10H7ClF2N2S/c1-4(2)14-10-15-6-3-5(12)7(11)8(13)9(6)16-10/h3H,1H2,2H3,(H,14,15). The maximum Gasteiger partial charge on any atom is 0.188 e. The van der Waals surface area contributed by atoms with Crippen LogP contribution in [0.5, 0.6) is 0 Å². The molecule has 0 aliphatic carbocycles.